The van der Waals surface area contributed by atoms with E-state index in [1.165, 1.54) is 0 Å². The number of hydrogen-bond acceptors (Lipinski definition) is 3. The van der Waals surface area contributed by atoms with Crippen molar-refractivity contribution in [2.24, 2.45) is 0 Å². The number of hydrogen-bond donors (Lipinski definition) is 0. The summed E-state index contributed by atoms with van der Waals surface area (Å²) < 4.78 is 40.1. The Hall–Kier alpha value is -1.10. The molecule has 0 aliphatic heterocycles. The monoisotopic (exact) mass is 260 g/mol. The Morgan fingerprint density at radius 1 is 1.18 bits per heavy atom. The predicted octanol–water partition coefficient (Wildman–Crippen LogP) is 2.68. The van der Waals surface area contributed by atoms with E-state index in [4.69, 9.17) is 4.18 Å². The Balaban J connectivity index is 2.96. The van der Waals surface area contributed by atoms with Crippen LogP contribution < -0.4 is 4.18 Å². The maximum atomic E-state index is 12.0. The molecular formula is C12H17FO3S. The highest BCUT2D eigenvalue weighted by molar-refractivity contribution is 7.87. The molecule has 3 nitrogen and oxygen atoms in total. The summed E-state index contributed by atoms with van der Waals surface area (Å²) in [6.07, 6.45) is -0.0354. The standard InChI is InChI=1S/C12H17FO3S/c1-9-7-10(2)12(11(3)8-9)16-17(14,15)6-4-5-13/h7-8H,4-6H2,1-3H3. The topological polar surface area (TPSA) is 43.4 Å². The van der Waals surface area contributed by atoms with Crippen LogP contribution in [0.25, 0.3) is 0 Å². The minimum Gasteiger partial charge on any atom is -0.382 e. The number of benzene rings is 1. The summed E-state index contributed by atoms with van der Waals surface area (Å²) in [4.78, 5) is 0. The van der Waals surface area contributed by atoms with Crippen LogP contribution in [0.5, 0.6) is 5.75 Å². The minimum absolute atomic E-state index is 0.0354. The fourth-order valence-corrected chi connectivity index (χ4v) is 2.76. The Bertz CT molecular complexity index is 471. The summed E-state index contributed by atoms with van der Waals surface area (Å²) in [6.45, 7) is 4.86. The third-order valence-corrected chi connectivity index (χ3v) is 3.55. The molecule has 0 spiro atoms. The van der Waals surface area contributed by atoms with Crippen LogP contribution in [0.1, 0.15) is 23.1 Å². The van der Waals surface area contributed by atoms with E-state index in [1.807, 2.05) is 19.1 Å². The molecule has 0 saturated carbocycles. The molecular weight excluding hydrogens is 243 g/mol. The van der Waals surface area contributed by atoms with Crippen LogP contribution in [0.2, 0.25) is 0 Å². The second-order valence-electron chi connectivity index (χ2n) is 4.12. The quantitative estimate of drug-likeness (QED) is 0.764. The van der Waals surface area contributed by atoms with Gasteiger partial charge in [0.15, 0.2) is 0 Å². The number of alkyl halides is 1. The van der Waals surface area contributed by atoms with Crippen LogP contribution in [0, 0.1) is 20.8 Å². The van der Waals surface area contributed by atoms with Gasteiger partial charge in [-0.3, -0.25) is 4.39 Å². The number of aryl methyl sites for hydroxylation is 3. The Kier molecular flexibility index (Phi) is 4.51. The third kappa shape index (κ3) is 4.00. The van der Waals surface area contributed by atoms with Crippen molar-refractivity contribution in [3.8, 4) is 5.75 Å². The fourth-order valence-electron chi connectivity index (χ4n) is 1.70. The van der Waals surface area contributed by atoms with Crippen molar-refractivity contribution in [1.82, 2.24) is 0 Å². The Morgan fingerprint density at radius 2 is 1.71 bits per heavy atom. The van der Waals surface area contributed by atoms with Gasteiger partial charge in [-0.15, -0.1) is 0 Å². The third-order valence-electron chi connectivity index (χ3n) is 2.34. The molecule has 96 valence electrons. The molecule has 0 aliphatic rings. The lowest BCUT2D eigenvalue weighted by Gasteiger charge is -2.12. The van der Waals surface area contributed by atoms with Gasteiger partial charge in [0.1, 0.15) is 5.75 Å². The van der Waals surface area contributed by atoms with Crippen LogP contribution in [-0.4, -0.2) is 20.8 Å². The molecule has 0 heterocycles. The normalized spacial score (nSPS) is 11.5. The highest BCUT2D eigenvalue weighted by Gasteiger charge is 2.16. The Morgan fingerprint density at radius 3 is 2.18 bits per heavy atom. The molecule has 0 aromatic heterocycles. The van der Waals surface area contributed by atoms with Gasteiger partial charge < -0.3 is 4.18 Å². The van der Waals surface area contributed by atoms with E-state index in [0.29, 0.717) is 5.75 Å². The van der Waals surface area contributed by atoms with Gasteiger partial charge in [0.25, 0.3) is 0 Å². The molecule has 0 atom stereocenters. The molecule has 5 heteroatoms. The van der Waals surface area contributed by atoms with Gasteiger partial charge in [0.2, 0.25) is 0 Å². The molecule has 0 bridgehead atoms. The molecule has 0 fully saturated rings. The van der Waals surface area contributed by atoms with Crippen molar-refractivity contribution in [2.75, 3.05) is 12.4 Å². The van der Waals surface area contributed by atoms with E-state index in [1.54, 1.807) is 13.8 Å². The molecule has 0 unspecified atom stereocenters. The van der Waals surface area contributed by atoms with Crippen molar-refractivity contribution in [3.05, 3.63) is 28.8 Å². The second-order valence-corrected chi connectivity index (χ2v) is 5.81. The maximum Gasteiger partial charge on any atom is 0.309 e. The van der Waals surface area contributed by atoms with Gasteiger partial charge in [-0.05, 0) is 38.3 Å². The maximum absolute atomic E-state index is 12.0. The first-order valence-corrected chi connectivity index (χ1v) is 6.99. The van der Waals surface area contributed by atoms with Crippen LogP contribution in [0.4, 0.5) is 4.39 Å². The summed E-state index contributed by atoms with van der Waals surface area (Å²) in [7, 11) is -3.69. The summed E-state index contributed by atoms with van der Waals surface area (Å²) in [5.41, 5.74) is 2.59. The Labute approximate surface area is 102 Å². The highest BCUT2D eigenvalue weighted by atomic mass is 32.2. The fraction of sp³-hybridized carbons (Fsp3) is 0.500. The smallest absolute Gasteiger partial charge is 0.309 e. The molecule has 0 aliphatic carbocycles. The van der Waals surface area contributed by atoms with E-state index in [2.05, 4.69) is 0 Å². The van der Waals surface area contributed by atoms with Gasteiger partial charge >= 0.3 is 10.1 Å². The summed E-state index contributed by atoms with van der Waals surface area (Å²) in [5, 5.41) is 0. The molecule has 1 aromatic rings. The average molecular weight is 260 g/mol. The summed E-state index contributed by atoms with van der Waals surface area (Å²) >= 11 is 0. The first kappa shape index (κ1) is 14.0. The summed E-state index contributed by atoms with van der Waals surface area (Å²) in [6, 6.07) is 3.71. The molecule has 0 saturated heterocycles. The van der Waals surface area contributed by atoms with Crippen LogP contribution in [0.3, 0.4) is 0 Å². The highest BCUT2D eigenvalue weighted by Crippen LogP contribution is 2.26. The molecule has 0 N–H and O–H groups in total. The molecule has 0 radical (unpaired) electrons. The van der Waals surface area contributed by atoms with Crippen molar-refractivity contribution in [2.45, 2.75) is 27.2 Å². The van der Waals surface area contributed by atoms with Crippen LogP contribution >= 0.6 is 0 Å². The zero-order chi connectivity index (χ0) is 13.1. The SMILES string of the molecule is Cc1cc(C)c(OS(=O)(=O)CCCF)c(C)c1. The first-order chi connectivity index (χ1) is 7.85. The van der Waals surface area contributed by atoms with Gasteiger partial charge in [-0.2, -0.15) is 8.42 Å². The largest absolute Gasteiger partial charge is 0.382 e. The van der Waals surface area contributed by atoms with E-state index < -0.39 is 16.8 Å². The van der Waals surface area contributed by atoms with Gasteiger partial charge in [0, 0.05) is 0 Å². The zero-order valence-electron chi connectivity index (χ0n) is 10.3. The summed E-state index contributed by atoms with van der Waals surface area (Å²) in [5.74, 6) is 0.0606. The van der Waals surface area contributed by atoms with Gasteiger partial charge in [-0.1, -0.05) is 17.7 Å². The minimum atomic E-state index is -3.69. The lowest BCUT2D eigenvalue weighted by Crippen LogP contribution is -2.15. The predicted molar refractivity (Wildman–Crippen MR) is 65.7 cm³/mol. The van der Waals surface area contributed by atoms with Gasteiger partial charge in [-0.25, -0.2) is 0 Å². The zero-order valence-corrected chi connectivity index (χ0v) is 11.1. The van der Waals surface area contributed by atoms with E-state index in [0.717, 1.165) is 16.7 Å². The lowest BCUT2D eigenvalue weighted by molar-refractivity contribution is 0.458. The van der Waals surface area contributed by atoms with E-state index in [-0.39, 0.29) is 12.2 Å². The number of rotatable bonds is 5. The average Bonchev–Trinajstić information content (AvgIpc) is 2.21. The van der Waals surface area contributed by atoms with Crippen molar-refractivity contribution in [3.63, 3.8) is 0 Å². The van der Waals surface area contributed by atoms with Crippen LogP contribution in [0.15, 0.2) is 12.1 Å². The van der Waals surface area contributed by atoms with Crippen molar-refractivity contribution in [1.29, 1.82) is 0 Å². The lowest BCUT2D eigenvalue weighted by atomic mass is 10.1. The first-order valence-electron chi connectivity index (χ1n) is 5.41. The van der Waals surface area contributed by atoms with Crippen LogP contribution in [-0.2, 0) is 10.1 Å². The van der Waals surface area contributed by atoms with Crippen molar-refractivity contribution < 1.29 is 17.0 Å². The van der Waals surface area contributed by atoms with Crippen molar-refractivity contribution >= 4 is 10.1 Å². The van der Waals surface area contributed by atoms with Gasteiger partial charge in [0.05, 0.1) is 12.4 Å². The second kappa shape index (κ2) is 5.49. The molecule has 1 rings (SSSR count). The molecule has 1 aromatic carbocycles. The van der Waals surface area contributed by atoms with E-state index >= 15 is 0 Å². The molecule has 17 heavy (non-hydrogen) atoms. The number of halogens is 1. The molecule has 0 amide bonds. The van der Waals surface area contributed by atoms with E-state index in [9.17, 15) is 12.8 Å².